The smallest absolute Gasteiger partial charge is 0.414 e. The molecule has 0 fully saturated rings. The molecule has 0 bridgehead atoms. The van der Waals surface area contributed by atoms with Crippen LogP contribution >= 0.6 is 12.1 Å². The molecule has 7 nitrogen and oxygen atoms in total. The fourth-order valence-electron chi connectivity index (χ4n) is 3.08. The number of hydrogen-bond acceptors (Lipinski definition) is 7. The summed E-state index contributed by atoms with van der Waals surface area (Å²) in [6.07, 6.45) is -0.0293. The second-order valence-electron chi connectivity index (χ2n) is 7.15. The largest absolute Gasteiger partial charge is 0.422 e. The molecule has 8 heteroatoms. The zero-order chi connectivity index (χ0) is 23.8. The topological polar surface area (TPSA) is 83.8 Å². The number of nitrogens with one attached hydrogen (secondary N) is 2. The summed E-state index contributed by atoms with van der Waals surface area (Å²) in [5, 5.41) is 0.826. The van der Waals surface area contributed by atoms with Crippen LogP contribution in [-0.4, -0.2) is 32.1 Å². The minimum atomic E-state index is -0.488. The van der Waals surface area contributed by atoms with Gasteiger partial charge in [-0.1, -0.05) is 26.0 Å². The Morgan fingerprint density at radius 3 is 2.53 bits per heavy atom. The molecule has 0 radical (unpaired) electrons. The first-order chi connectivity index (χ1) is 15.3. The number of carbonyl (C=O) groups excluding carboxylic acids is 1. The zero-order valence-electron chi connectivity index (χ0n) is 19.7. The average molecular weight is 458 g/mol. The van der Waals surface area contributed by atoms with Crippen molar-refractivity contribution in [2.45, 2.75) is 34.1 Å². The van der Waals surface area contributed by atoms with Crippen molar-refractivity contribution >= 4 is 34.9 Å². The van der Waals surface area contributed by atoms with Gasteiger partial charge in [-0.15, -0.1) is 0 Å². The second-order valence-corrected chi connectivity index (χ2v) is 7.97. The molecule has 0 aliphatic rings. The van der Waals surface area contributed by atoms with Crippen LogP contribution in [0.25, 0.3) is 11.0 Å². The number of fused-ring (bicyclic) bond motifs is 1. The molecular formula is C24H31N3O4S. The van der Waals surface area contributed by atoms with Crippen molar-refractivity contribution in [3.63, 3.8) is 0 Å². The van der Waals surface area contributed by atoms with E-state index in [9.17, 15) is 9.59 Å². The number of anilines is 1. The highest BCUT2D eigenvalue weighted by molar-refractivity contribution is 7.98. The van der Waals surface area contributed by atoms with Crippen LogP contribution in [0.4, 0.5) is 10.5 Å². The van der Waals surface area contributed by atoms with Gasteiger partial charge in [0, 0.05) is 55.4 Å². The number of ether oxygens (including phenoxy) is 1. The highest BCUT2D eigenvalue weighted by Gasteiger charge is 2.16. The van der Waals surface area contributed by atoms with E-state index in [4.69, 9.17) is 9.15 Å². The molecule has 0 aliphatic heterocycles. The minimum Gasteiger partial charge on any atom is -0.422 e. The Kier molecular flexibility index (Phi) is 9.16. The molecule has 3 rings (SSSR count). The summed E-state index contributed by atoms with van der Waals surface area (Å²) in [4.78, 5) is 26.0. The number of rotatable bonds is 6. The summed E-state index contributed by atoms with van der Waals surface area (Å²) >= 11 is 1.37. The molecule has 2 N–H and O–H groups in total. The predicted molar refractivity (Wildman–Crippen MR) is 133 cm³/mol. The fourth-order valence-corrected chi connectivity index (χ4v) is 3.43. The van der Waals surface area contributed by atoms with Crippen molar-refractivity contribution in [3.05, 3.63) is 69.1 Å². The van der Waals surface area contributed by atoms with Gasteiger partial charge in [-0.25, -0.2) is 14.3 Å². The van der Waals surface area contributed by atoms with Gasteiger partial charge in [-0.2, -0.15) is 0 Å². The summed E-state index contributed by atoms with van der Waals surface area (Å²) in [5.41, 5.74) is 4.20. The summed E-state index contributed by atoms with van der Waals surface area (Å²) in [5.74, 6) is 0.373. The predicted octanol–water partition coefficient (Wildman–Crippen LogP) is 5.28. The third-order valence-electron chi connectivity index (χ3n) is 4.72. The summed E-state index contributed by atoms with van der Waals surface area (Å²) < 4.78 is 17.1. The van der Waals surface area contributed by atoms with Crippen LogP contribution in [0.2, 0.25) is 0 Å². The quantitative estimate of drug-likeness (QED) is 0.385. The van der Waals surface area contributed by atoms with E-state index in [0.29, 0.717) is 23.3 Å². The lowest BCUT2D eigenvalue weighted by molar-refractivity contribution is 0.171. The van der Waals surface area contributed by atoms with Gasteiger partial charge in [-0.05, 0) is 55.8 Å². The van der Waals surface area contributed by atoms with Crippen molar-refractivity contribution in [1.29, 1.82) is 0 Å². The molecule has 172 valence electrons. The third kappa shape index (κ3) is 6.05. The Morgan fingerprint density at radius 1 is 1.16 bits per heavy atom. The first-order valence-electron chi connectivity index (χ1n) is 10.4. The van der Waals surface area contributed by atoms with Crippen molar-refractivity contribution < 1.29 is 13.9 Å². The number of nitrogens with zero attached hydrogens (tertiary/aromatic N) is 1. The Labute approximate surface area is 193 Å². The van der Waals surface area contributed by atoms with Gasteiger partial charge >= 0.3 is 11.7 Å². The summed E-state index contributed by atoms with van der Waals surface area (Å²) in [7, 11) is 5.05. The molecule has 1 aromatic heterocycles. The van der Waals surface area contributed by atoms with E-state index in [1.807, 2.05) is 65.1 Å². The number of aryl methyl sites for hydroxylation is 2. The number of hydrogen-bond donors (Lipinski definition) is 2. The molecule has 2 aromatic carbocycles. The fraction of sp³-hybridized carbons (Fsp3) is 0.333. The lowest BCUT2D eigenvalue weighted by Gasteiger charge is -2.14. The van der Waals surface area contributed by atoms with Gasteiger partial charge in [0.05, 0.1) is 0 Å². The average Bonchev–Trinajstić information content (AvgIpc) is 2.78. The molecule has 0 spiro atoms. The molecule has 1 heterocycles. The van der Waals surface area contributed by atoms with Gasteiger partial charge in [0.2, 0.25) is 0 Å². The molecule has 0 saturated carbocycles. The van der Waals surface area contributed by atoms with E-state index >= 15 is 0 Å². The van der Waals surface area contributed by atoms with Crippen molar-refractivity contribution in [2.24, 2.45) is 0 Å². The maximum absolute atomic E-state index is 12.7. The Balaban J connectivity index is 0.00000176. The maximum atomic E-state index is 12.7. The van der Waals surface area contributed by atoms with Crippen LogP contribution in [0.3, 0.4) is 0 Å². The summed E-state index contributed by atoms with van der Waals surface area (Å²) in [6, 6.07) is 11.4. The molecule has 3 aromatic rings. The SMILES string of the molecule is CC.CNSNc1cccc(Cc2c(C)c3cc(C)c(OC(=O)N(C)C)cc3oc2=O)c1. The standard InChI is InChI=1S/C22H25N3O4S.C2H6/c1-13-9-17-14(2)18(11-15-7-6-8-16(10-15)24-30-23-3)21(26)28-20(17)12-19(13)29-22(27)25(4)5;1-2/h6-10,12,23-24H,11H2,1-5H3;1-2H3. The van der Waals surface area contributed by atoms with Crippen LogP contribution in [0.1, 0.15) is 36.1 Å². The van der Waals surface area contributed by atoms with Gasteiger partial charge < -0.3 is 18.8 Å². The molecule has 0 atom stereocenters. The van der Waals surface area contributed by atoms with E-state index < -0.39 is 11.7 Å². The monoisotopic (exact) mass is 457 g/mol. The molecule has 0 aliphatic carbocycles. The van der Waals surface area contributed by atoms with E-state index in [-0.39, 0.29) is 0 Å². The third-order valence-corrected chi connectivity index (χ3v) is 5.27. The van der Waals surface area contributed by atoms with E-state index in [1.54, 1.807) is 20.2 Å². The zero-order valence-corrected chi connectivity index (χ0v) is 20.5. The van der Waals surface area contributed by atoms with Gasteiger partial charge in [0.15, 0.2) is 0 Å². The molecule has 0 unspecified atom stereocenters. The normalized spacial score (nSPS) is 10.3. The van der Waals surface area contributed by atoms with Crippen molar-refractivity contribution in [1.82, 2.24) is 9.62 Å². The Morgan fingerprint density at radius 2 is 1.88 bits per heavy atom. The lowest BCUT2D eigenvalue weighted by atomic mass is 9.98. The number of carbonyl (C=O) groups is 1. The number of amides is 1. The Bertz CT molecular complexity index is 1140. The van der Waals surface area contributed by atoms with Crippen LogP contribution < -0.4 is 19.8 Å². The van der Waals surface area contributed by atoms with Crippen molar-refractivity contribution in [3.8, 4) is 5.75 Å². The first kappa shape index (κ1) is 25.3. The molecule has 32 heavy (non-hydrogen) atoms. The van der Waals surface area contributed by atoms with Crippen LogP contribution in [0.15, 0.2) is 45.6 Å². The van der Waals surface area contributed by atoms with Crippen LogP contribution in [0, 0.1) is 13.8 Å². The van der Waals surface area contributed by atoms with E-state index in [2.05, 4.69) is 9.44 Å². The Hall–Kier alpha value is -2.97. The highest BCUT2D eigenvalue weighted by Crippen LogP contribution is 2.29. The summed E-state index contributed by atoms with van der Waals surface area (Å²) in [6.45, 7) is 7.77. The van der Waals surface area contributed by atoms with E-state index in [1.165, 1.54) is 17.0 Å². The van der Waals surface area contributed by atoms with E-state index in [0.717, 1.165) is 27.8 Å². The van der Waals surface area contributed by atoms with Crippen LogP contribution in [0.5, 0.6) is 5.75 Å². The maximum Gasteiger partial charge on any atom is 0.414 e. The minimum absolute atomic E-state index is 0.373. The highest BCUT2D eigenvalue weighted by atomic mass is 32.2. The van der Waals surface area contributed by atoms with Gasteiger partial charge in [0.25, 0.3) is 0 Å². The number of benzene rings is 2. The van der Waals surface area contributed by atoms with Gasteiger partial charge in [-0.3, -0.25) is 0 Å². The molecule has 0 saturated heterocycles. The van der Waals surface area contributed by atoms with Gasteiger partial charge in [0.1, 0.15) is 11.3 Å². The molecule has 1 amide bonds. The first-order valence-corrected chi connectivity index (χ1v) is 11.3. The van der Waals surface area contributed by atoms with Crippen LogP contribution in [-0.2, 0) is 6.42 Å². The molecular weight excluding hydrogens is 426 g/mol. The second kappa shape index (κ2) is 11.6. The van der Waals surface area contributed by atoms with Crippen molar-refractivity contribution in [2.75, 3.05) is 25.9 Å². The lowest BCUT2D eigenvalue weighted by Crippen LogP contribution is -2.25.